The minimum atomic E-state index is -0.0297. The van der Waals surface area contributed by atoms with Gasteiger partial charge in [0, 0.05) is 26.2 Å². The highest BCUT2D eigenvalue weighted by atomic mass is 32.1. The summed E-state index contributed by atoms with van der Waals surface area (Å²) in [5.74, 6) is 1.02. The Balaban J connectivity index is 1.49. The Hall–Kier alpha value is -2.80. The molecule has 3 aromatic rings. The van der Waals surface area contributed by atoms with Crippen LogP contribution in [0.4, 0.5) is 5.13 Å². The molecular formula is C22H25N3O3S. The second kappa shape index (κ2) is 8.29. The van der Waals surface area contributed by atoms with Crippen molar-refractivity contribution in [2.75, 3.05) is 45.3 Å². The monoisotopic (exact) mass is 411 g/mol. The van der Waals surface area contributed by atoms with Crippen LogP contribution in [0.1, 0.15) is 22.8 Å². The molecule has 1 aliphatic rings. The van der Waals surface area contributed by atoms with Gasteiger partial charge in [0.1, 0.15) is 0 Å². The van der Waals surface area contributed by atoms with E-state index in [9.17, 15) is 4.79 Å². The Morgan fingerprint density at radius 3 is 2.52 bits per heavy atom. The fourth-order valence-corrected chi connectivity index (χ4v) is 4.81. The molecule has 0 radical (unpaired) electrons. The highest BCUT2D eigenvalue weighted by Gasteiger charge is 2.27. The molecule has 0 saturated carbocycles. The fourth-order valence-electron chi connectivity index (χ4n) is 3.74. The Bertz CT molecular complexity index is 1030. The summed E-state index contributed by atoms with van der Waals surface area (Å²) in [4.78, 5) is 22.1. The molecule has 1 aromatic heterocycles. The zero-order valence-corrected chi connectivity index (χ0v) is 17.8. The van der Waals surface area contributed by atoms with Gasteiger partial charge in [0.15, 0.2) is 16.6 Å². The topological polar surface area (TPSA) is 54.9 Å². The van der Waals surface area contributed by atoms with Crippen molar-refractivity contribution in [2.24, 2.45) is 0 Å². The van der Waals surface area contributed by atoms with E-state index in [1.165, 1.54) is 10.3 Å². The van der Waals surface area contributed by atoms with Crippen LogP contribution in [0, 0.1) is 0 Å². The molecule has 0 aliphatic carbocycles. The molecule has 1 fully saturated rings. The number of anilines is 1. The molecule has 2 aromatic carbocycles. The summed E-state index contributed by atoms with van der Waals surface area (Å²) in [6, 6.07) is 11.8. The standard InChI is InChI=1S/C22H25N3O3S/c1-4-15-7-5-10-18-19(15)23-22(29-18)25-13-11-24(12-14-25)21(26)16-8-6-9-17(27-2)20(16)28-3/h5-10H,4,11-14H2,1-3H3. The lowest BCUT2D eigenvalue weighted by atomic mass is 10.1. The average Bonchev–Trinajstić information content (AvgIpc) is 3.22. The molecule has 0 bridgehead atoms. The first-order valence-electron chi connectivity index (χ1n) is 9.80. The third kappa shape index (κ3) is 3.62. The number of nitrogens with zero attached hydrogens (tertiary/aromatic N) is 3. The number of amides is 1. The molecule has 1 aliphatic heterocycles. The van der Waals surface area contributed by atoms with E-state index in [4.69, 9.17) is 14.5 Å². The van der Waals surface area contributed by atoms with Gasteiger partial charge >= 0.3 is 0 Å². The van der Waals surface area contributed by atoms with Gasteiger partial charge in [-0.1, -0.05) is 36.5 Å². The number of ether oxygens (including phenoxy) is 2. The van der Waals surface area contributed by atoms with E-state index in [0.29, 0.717) is 30.2 Å². The predicted molar refractivity (Wildman–Crippen MR) is 117 cm³/mol. The van der Waals surface area contributed by atoms with Crippen molar-refractivity contribution in [1.29, 1.82) is 0 Å². The molecule has 29 heavy (non-hydrogen) atoms. The number of hydrogen-bond acceptors (Lipinski definition) is 6. The number of thiazole rings is 1. The summed E-state index contributed by atoms with van der Waals surface area (Å²) in [5, 5.41) is 1.03. The maximum atomic E-state index is 13.1. The predicted octanol–water partition coefficient (Wildman–Crippen LogP) is 3.84. The maximum Gasteiger partial charge on any atom is 0.257 e. The summed E-state index contributed by atoms with van der Waals surface area (Å²) >= 11 is 1.73. The van der Waals surface area contributed by atoms with E-state index in [1.54, 1.807) is 37.7 Å². The van der Waals surface area contributed by atoms with Gasteiger partial charge in [-0.3, -0.25) is 4.79 Å². The van der Waals surface area contributed by atoms with Gasteiger partial charge in [-0.05, 0) is 30.2 Å². The van der Waals surface area contributed by atoms with Gasteiger partial charge in [0.05, 0.1) is 30.0 Å². The Morgan fingerprint density at radius 2 is 1.83 bits per heavy atom. The number of carbonyl (C=O) groups is 1. The van der Waals surface area contributed by atoms with Crippen molar-refractivity contribution in [2.45, 2.75) is 13.3 Å². The number of para-hydroxylation sites is 2. The number of methoxy groups -OCH3 is 2. The highest BCUT2D eigenvalue weighted by Crippen LogP contribution is 2.33. The summed E-state index contributed by atoms with van der Waals surface area (Å²) in [6.45, 7) is 4.98. The van der Waals surface area contributed by atoms with Crippen LogP contribution in [0.5, 0.6) is 11.5 Å². The van der Waals surface area contributed by atoms with Gasteiger partial charge in [0.2, 0.25) is 0 Å². The van der Waals surface area contributed by atoms with Crippen LogP contribution in [-0.2, 0) is 6.42 Å². The van der Waals surface area contributed by atoms with E-state index in [0.717, 1.165) is 30.2 Å². The van der Waals surface area contributed by atoms with Gasteiger partial charge in [-0.2, -0.15) is 0 Å². The number of rotatable bonds is 5. The summed E-state index contributed by atoms with van der Waals surface area (Å²) in [6.07, 6.45) is 0.977. The minimum absolute atomic E-state index is 0.0297. The van der Waals surface area contributed by atoms with Crippen molar-refractivity contribution in [1.82, 2.24) is 9.88 Å². The molecular weight excluding hydrogens is 386 g/mol. The van der Waals surface area contributed by atoms with Crippen molar-refractivity contribution < 1.29 is 14.3 Å². The van der Waals surface area contributed by atoms with Crippen LogP contribution < -0.4 is 14.4 Å². The van der Waals surface area contributed by atoms with Crippen LogP contribution in [0.25, 0.3) is 10.2 Å². The largest absolute Gasteiger partial charge is 0.493 e. The third-order valence-electron chi connectivity index (χ3n) is 5.34. The molecule has 0 unspecified atom stereocenters. The number of aryl methyl sites for hydroxylation is 1. The lowest BCUT2D eigenvalue weighted by Gasteiger charge is -2.34. The van der Waals surface area contributed by atoms with Gasteiger partial charge in [-0.25, -0.2) is 4.98 Å². The smallest absolute Gasteiger partial charge is 0.257 e. The maximum absolute atomic E-state index is 13.1. The van der Waals surface area contributed by atoms with Crippen LogP contribution >= 0.6 is 11.3 Å². The lowest BCUT2D eigenvalue weighted by molar-refractivity contribution is 0.0742. The summed E-state index contributed by atoms with van der Waals surface area (Å²) in [5.41, 5.74) is 2.92. The lowest BCUT2D eigenvalue weighted by Crippen LogP contribution is -2.48. The first-order valence-corrected chi connectivity index (χ1v) is 10.6. The van der Waals surface area contributed by atoms with Crippen LogP contribution in [0.2, 0.25) is 0 Å². The molecule has 152 valence electrons. The fraction of sp³-hybridized carbons (Fsp3) is 0.364. The van der Waals surface area contributed by atoms with Crippen LogP contribution in [-0.4, -0.2) is 56.2 Å². The Kier molecular flexibility index (Phi) is 5.58. The van der Waals surface area contributed by atoms with Crippen molar-refractivity contribution in [3.05, 3.63) is 47.5 Å². The third-order valence-corrected chi connectivity index (χ3v) is 6.42. The van der Waals surface area contributed by atoms with Crippen molar-refractivity contribution in [3.63, 3.8) is 0 Å². The second-order valence-electron chi connectivity index (χ2n) is 6.93. The summed E-state index contributed by atoms with van der Waals surface area (Å²) in [7, 11) is 3.14. The van der Waals surface area contributed by atoms with E-state index >= 15 is 0 Å². The number of carbonyl (C=O) groups excluding carboxylic acids is 1. The van der Waals surface area contributed by atoms with E-state index < -0.39 is 0 Å². The average molecular weight is 412 g/mol. The molecule has 0 spiro atoms. The quantitative estimate of drug-likeness (QED) is 0.639. The first-order chi connectivity index (χ1) is 14.2. The first kappa shape index (κ1) is 19.5. The normalized spacial score (nSPS) is 14.3. The number of hydrogen-bond donors (Lipinski definition) is 0. The Labute approximate surface area is 174 Å². The zero-order valence-electron chi connectivity index (χ0n) is 17.0. The Morgan fingerprint density at radius 1 is 1.07 bits per heavy atom. The van der Waals surface area contributed by atoms with Crippen LogP contribution in [0.15, 0.2) is 36.4 Å². The molecule has 0 N–H and O–H groups in total. The number of piperazine rings is 1. The van der Waals surface area contributed by atoms with Gasteiger partial charge < -0.3 is 19.3 Å². The highest BCUT2D eigenvalue weighted by molar-refractivity contribution is 7.22. The molecule has 6 nitrogen and oxygen atoms in total. The molecule has 1 amide bonds. The van der Waals surface area contributed by atoms with Crippen molar-refractivity contribution >= 4 is 32.6 Å². The van der Waals surface area contributed by atoms with E-state index in [2.05, 4.69) is 30.0 Å². The second-order valence-corrected chi connectivity index (χ2v) is 7.94. The zero-order chi connectivity index (χ0) is 20.4. The molecule has 2 heterocycles. The number of benzene rings is 2. The summed E-state index contributed by atoms with van der Waals surface area (Å²) < 4.78 is 12.0. The molecule has 0 atom stereocenters. The number of fused-ring (bicyclic) bond motifs is 1. The van der Waals surface area contributed by atoms with Gasteiger partial charge in [0.25, 0.3) is 5.91 Å². The van der Waals surface area contributed by atoms with E-state index in [1.807, 2.05) is 11.0 Å². The van der Waals surface area contributed by atoms with E-state index in [-0.39, 0.29) is 5.91 Å². The SMILES string of the molecule is CCc1cccc2sc(N3CCN(C(=O)c4cccc(OC)c4OC)CC3)nc12. The molecule has 4 rings (SSSR count). The minimum Gasteiger partial charge on any atom is -0.493 e. The van der Waals surface area contributed by atoms with Gasteiger partial charge in [-0.15, -0.1) is 0 Å². The van der Waals surface area contributed by atoms with Crippen molar-refractivity contribution in [3.8, 4) is 11.5 Å². The molecule has 1 saturated heterocycles. The number of aromatic nitrogens is 1. The van der Waals surface area contributed by atoms with Crippen LogP contribution in [0.3, 0.4) is 0 Å². The molecule has 7 heteroatoms.